The first-order valence-corrected chi connectivity index (χ1v) is 9.20. The molecule has 0 aliphatic rings. The summed E-state index contributed by atoms with van der Waals surface area (Å²) in [5, 5.41) is 11.7. The number of hydrogen-bond acceptors (Lipinski definition) is 5. The number of rotatable bonds is 6. The average Bonchev–Trinajstić information content (AvgIpc) is 2.86. The van der Waals surface area contributed by atoms with Gasteiger partial charge in [-0.15, -0.1) is 0 Å². The Morgan fingerprint density at radius 3 is 2.35 bits per heavy atom. The van der Waals surface area contributed by atoms with E-state index in [9.17, 15) is 18.0 Å². The number of H-pyrrole nitrogens is 1. The van der Waals surface area contributed by atoms with Crippen LogP contribution < -0.4 is 10.6 Å². The fraction of sp³-hybridized carbons (Fsp3) is 0.312. The number of aromatic nitrogens is 2. The van der Waals surface area contributed by atoms with Gasteiger partial charge >= 0.3 is 0 Å². The third-order valence-corrected chi connectivity index (χ3v) is 5.63. The van der Waals surface area contributed by atoms with Crippen molar-refractivity contribution in [2.75, 3.05) is 24.2 Å². The van der Waals surface area contributed by atoms with Crippen LogP contribution in [0.3, 0.4) is 0 Å². The molecule has 26 heavy (non-hydrogen) atoms. The number of amides is 2. The van der Waals surface area contributed by atoms with E-state index in [1.54, 1.807) is 38.1 Å². The van der Waals surface area contributed by atoms with Gasteiger partial charge < -0.3 is 10.6 Å². The quantitative estimate of drug-likeness (QED) is 0.697. The summed E-state index contributed by atoms with van der Waals surface area (Å²) in [6.07, 6.45) is 0. The van der Waals surface area contributed by atoms with E-state index in [0.29, 0.717) is 22.8 Å². The minimum atomic E-state index is -3.85. The summed E-state index contributed by atoms with van der Waals surface area (Å²) in [5.74, 6) is -0.736. The fourth-order valence-electron chi connectivity index (χ4n) is 2.44. The molecule has 0 fully saturated rings. The lowest BCUT2D eigenvalue weighted by Gasteiger charge is -2.17. The number of nitrogens with zero attached hydrogens (tertiary/aromatic N) is 2. The van der Waals surface area contributed by atoms with Gasteiger partial charge in [0.1, 0.15) is 4.90 Å². The number of carbonyl (C=O) groups is 2. The van der Waals surface area contributed by atoms with Crippen LogP contribution in [0.15, 0.2) is 29.2 Å². The van der Waals surface area contributed by atoms with Gasteiger partial charge in [0.25, 0.3) is 0 Å². The molecule has 10 heteroatoms. The minimum Gasteiger partial charge on any atom is -0.326 e. The van der Waals surface area contributed by atoms with Gasteiger partial charge in [-0.2, -0.15) is 9.40 Å². The second-order valence-electron chi connectivity index (χ2n) is 5.83. The van der Waals surface area contributed by atoms with Crippen LogP contribution >= 0.6 is 0 Å². The standard InChI is InChI=1S/C16H21N5O4S/c1-10-16(11(2)20-19-10)26(24,25)21(4)9-15(23)18-14-7-5-6-13(8-14)17-12(3)22/h5-8H,9H2,1-4H3,(H,17,22)(H,18,23)(H,19,20). The number of carbonyl (C=O) groups excluding carboxylic acids is 2. The van der Waals surface area contributed by atoms with Crippen molar-refractivity contribution in [3.05, 3.63) is 35.7 Å². The monoisotopic (exact) mass is 379 g/mol. The van der Waals surface area contributed by atoms with Crippen molar-refractivity contribution < 1.29 is 18.0 Å². The van der Waals surface area contributed by atoms with E-state index in [0.717, 1.165) is 4.31 Å². The molecular weight excluding hydrogens is 358 g/mol. The largest absolute Gasteiger partial charge is 0.326 e. The highest BCUT2D eigenvalue weighted by Gasteiger charge is 2.28. The van der Waals surface area contributed by atoms with Crippen LogP contribution in [0.25, 0.3) is 0 Å². The highest BCUT2D eigenvalue weighted by atomic mass is 32.2. The number of sulfonamides is 1. The first kappa shape index (κ1) is 19.6. The molecule has 3 N–H and O–H groups in total. The maximum absolute atomic E-state index is 12.6. The third-order valence-electron chi connectivity index (χ3n) is 3.56. The van der Waals surface area contributed by atoms with Gasteiger partial charge in [-0.25, -0.2) is 8.42 Å². The fourth-order valence-corrected chi connectivity index (χ4v) is 3.89. The van der Waals surface area contributed by atoms with Crippen molar-refractivity contribution >= 4 is 33.2 Å². The van der Waals surface area contributed by atoms with Crippen molar-refractivity contribution in [1.82, 2.24) is 14.5 Å². The van der Waals surface area contributed by atoms with Crippen molar-refractivity contribution in [2.24, 2.45) is 0 Å². The van der Waals surface area contributed by atoms with Crippen LogP contribution in [0.5, 0.6) is 0 Å². The first-order chi connectivity index (χ1) is 12.1. The predicted octanol–water partition coefficient (Wildman–Crippen LogP) is 1.24. The summed E-state index contributed by atoms with van der Waals surface area (Å²) in [7, 11) is -2.52. The second kappa shape index (κ2) is 7.67. The summed E-state index contributed by atoms with van der Waals surface area (Å²) in [6.45, 7) is 4.20. The van der Waals surface area contributed by atoms with Crippen molar-refractivity contribution in [3.63, 3.8) is 0 Å². The molecule has 1 aromatic carbocycles. The van der Waals surface area contributed by atoms with E-state index in [-0.39, 0.29) is 17.3 Å². The minimum absolute atomic E-state index is 0.0699. The number of aromatic amines is 1. The molecule has 0 saturated carbocycles. The van der Waals surface area contributed by atoms with Crippen molar-refractivity contribution in [2.45, 2.75) is 25.7 Å². The van der Waals surface area contributed by atoms with E-state index in [4.69, 9.17) is 0 Å². The molecule has 1 heterocycles. The topological polar surface area (TPSA) is 124 Å². The molecule has 0 atom stereocenters. The number of hydrogen-bond donors (Lipinski definition) is 3. The Kier molecular flexibility index (Phi) is 5.78. The summed E-state index contributed by atoms with van der Waals surface area (Å²) in [5.41, 5.74) is 1.74. The molecule has 9 nitrogen and oxygen atoms in total. The Bertz CT molecular complexity index is 916. The van der Waals surface area contributed by atoms with E-state index in [1.807, 2.05) is 0 Å². The zero-order valence-electron chi connectivity index (χ0n) is 15.0. The third kappa shape index (κ3) is 4.46. The first-order valence-electron chi connectivity index (χ1n) is 7.76. The molecule has 0 radical (unpaired) electrons. The Labute approximate surface area is 151 Å². The van der Waals surface area contributed by atoms with Crippen LogP contribution in [0.1, 0.15) is 18.3 Å². The van der Waals surface area contributed by atoms with Crippen LogP contribution in [0.2, 0.25) is 0 Å². The van der Waals surface area contributed by atoms with Gasteiger partial charge in [-0.05, 0) is 32.0 Å². The molecule has 0 bridgehead atoms. The molecule has 0 aliphatic heterocycles. The van der Waals surface area contributed by atoms with Gasteiger partial charge in [-0.1, -0.05) is 6.07 Å². The number of anilines is 2. The number of likely N-dealkylation sites (N-methyl/N-ethyl adjacent to an activating group) is 1. The molecule has 2 aromatic rings. The maximum atomic E-state index is 12.6. The normalized spacial score (nSPS) is 11.4. The highest BCUT2D eigenvalue weighted by molar-refractivity contribution is 7.89. The summed E-state index contributed by atoms with van der Waals surface area (Å²) < 4.78 is 26.2. The van der Waals surface area contributed by atoms with E-state index >= 15 is 0 Å². The molecule has 0 aliphatic carbocycles. The maximum Gasteiger partial charge on any atom is 0.246 e. The lowest BCUT2D eigenvalue weighted by Crippen LogP contribution is -2.35. The van der Waals surface area contributed by atoms with Crippen LogP contribution in [0.4, 0.5) is 11.4 Å². The molecular formula is C16H21N5O4S. The molecule has 140 valence electrons. The Hall–Kier alpha value is -2.72. The Morgan fingerprint density at radius 2 is 1.81 bits per heavy atom. The van der Waals surface area contributed by atoms with Crippen LogP contribution in [-0.2, 0) is 19.6 Å². The molecule has 2 amide bonds. The number of benzene rings is 1. The molecule has 0 unspecified atom stereocenters. The lowest BCUT2D eigenvalue weighted by molar-refractivity contribution is -0.116. The van der Waals surface area contributed by atoms with Crippen molar-refractivity contribution in [3.8, 4) is 0 Å². The lowest BCUT2D eigenvalue weighted by atomic mass is 10.2. The van der Waals surface area contributed by atoms with E-state index in [1.165, 1.54) is 14.0 Å². The zero-order valence-corrected chi connectivity index (χ0v) is 15.8. The second-order valence-corrected chi connectivity index (χ2v) is 7.82. The number of nitrogens with one attached hydrogen (secondary N) is 3. The average molecular weight is 379 g/mol. The summed E-state index contributed by atoms with van der Waals surface area (Å²) in [6, 6.07) is 6.57. The zero-order chi connectivity index (χ0) is 19.5. The SMILES string of the molecule is CC(=O)Nc1cccc(NC(=O)CN(C)S(=O)(=O)c2c(C)n[nH]c2C)c1. The Morgan fingerprint density at radius 1 is 1.19 bits per heavy atom. The van der Waals surface area contributed by atoms with Gasteiger partial charge in [0.15, 0.2) is 0 Å². The van der Waals surface area contributed by atoms with Gasteiger partial charge in [0.2, 0.25) is 21.8 Å². The molecule has 1 aromatic heterocycles. The number of aryl methyl sites for hydroxylation is 2. The van der Waals surface area contributed by atoms with Gasteiger partial charge in [0.05, 0.1) is 17.9 Å². The smallest absolute Gasteiger partial charge is 0.246 e. The van der Waals surface area contributed by atoms with E-state index < -0.39 is 15.9 Å². The van der Waals surface area contributed by atoms with Crippen molar-refractivity contribution in [1.29, 1.82) is 0 Å². The van der Waals surface area contributed by atoms with E-state index in [2.05, 4.69) is 20.8 Å². The summed E-state index contributed by atoms with van der Waals surface area (Å²) in [4.78, 5) is 23.4. The van der Waals surface area contributed by atoms with Crippen LogP contribution in [-0.4, -0.2) is 48.3 Å². The summed E-state index contributed by atoms with van der Waals surface area (Å²) >= 11 is 0. The van der Waals surface area contributed by atoms with Gasteiger partial charge in [0, 0.05) is 25.3 Å². The van der Waals surface area contributed by atoms with Crippen LogP contribution in [0, 0.1) is 13.8 Å². The van der Waals surface area contributed by atoms with Gasteiger partial charge in [-0.3, -0.25) is 14.7 Å². The highest BCUT2D eigenvalue weighted by Crippen LogP contribution is 2.20. The predicted molar refractivity (Wildman–Crippen MR) is 97.3 cm³/mol. The Balaban J connectivity index is 2.09. The molecule has 0 spiro atoms. The molecule has 0 saturated heterocycles. The molecule has 2 rings (SSSR count).